The van der Waals surface area contributed by atoms with Crippen LogP contribution in [0.1, 0.15) is 26.3 Å². The number of carbonyl (C=O) groups excluding carboxylic acids is 2. The van der Waals surface area contributed by atoms with Crippen LogP contribution in [-0.4, -0.2) is 51.4 Å². The molecule has 0 aromatic heterocycles. The quantitative estimate of drug-likeness (QED) is 0.299. The minimum absolute atomic E-state index is 0.00376. The van der Waals surface area contributed by atoms with Crippen molar-refractivity contribution in [2.75, 3.05) is 24.5 Å². The van der Waals surface area contributed by atoms with E-state index in [1.54, 1.807) is 49.4 Å². The summed E-state index contributed by atoms with van der Waals surface area (Å²) in [6, 6.07) is 18.3. The highest BCUT2D eigenvalue weighted by atomic mass is 35.5. The van der Waals surface area contributed by atoms with Crippen LogP contribution in [0.25, 0.3) is 0 Å². The highest BCUT2D eigenvalue weighted by molar-refractivity contribution is 7.92. The minimum Gasteiger partial charge on any atom is -0.497 e. The number of ether oxygens (including phenoxy) is 1. The first-order valence-electron chi connectivity index (χ1n) is 12.7. The Hall–Kier alpha value is -3.27. The maximum absolute atomic E-state index is 13.9. The second kappa shape index (κ2) is 13.9. The molecule has 1 unspecified atom stereocenters. The maximum atomic E-state index is 13.9. The number of benzene rings is 3. The summed E-state index contributed by atoms with van der Waals surface area (Å²) >= 11 is 12.3. The molecule has 1 N–H and O–H groups in total. The third-order valence-corrected chi connectivity index (χ3v) is 8.67. The lowest BCUT2D eigenvalue weighted by Gasteiger charge is -2.32. The van der Waals surface area contributed by atoms with E-state index in [0.29, 0.717) is 17.9 Å². The third-order valence-electron chi connectivity index (χ3n) is 6.14. The predicted octanol–water partition coefficient (Wildman–Crippen LogP) is 5.39. The molecule has 3 aromatic carbocycles. The van der Waals surface area contributed by atoms with Crippen LogP contribution in [0, 0.1) is 5.92 Å². The molecule has 11 heteroatoms. The Kier molecular flexibility index (Phi) is 10.8. The lowest BCUT2D eigenvalue weighted by atomic mass is 10.1. The predicted molar refractivity (Wildman–Crippen MR) is 158 cm³/mol. The Morgan fingerprint density at radius 1 is 0.925 bits per heavy atom. The van der Waals surface area contributed by atoms with Crippen LogP contribution in [0.3, 0.4) is 0 Å². The van der Waals surface area contributed by atoms with Crippen LogP contribution in [0.15, 0.2) is 77.7 Å². The van der Waals surface area contributed by atoms with Crippen LogP contribution in [0.4, 0.5) is 5.69 Å². The molecule has 8 nitrogen and oxygen atoms in total. The van der Waals surface area contributed by atoms with Crippen molar-refractivity contribution < 1.29 is 22.7 Å². The molecule has 3 aromatic rings. The van der Waals surface area contributed by atoms with Crippen molar-refractivity contribution in [2.24, 2.45) is 5.92 Å². The second-order valence-corrected chi connectivity index (χ2v) is 12.3. The molecule has 0 saturated heterocycles. The van der Waals surface area contributed by atoms with Crippen molar-refractivity contribution in [1.82, 2.24) is 10.2 Å². The first kappa shape index (κ1) is 31.3. The topological polar surface area (TPSA) is 96.0 Å². The maximum Gasteiger partial charge on any atom is 0.264 e. The zero-order chi connectivity index (χ0) is 29.4. The van der Waals surface area contributed by atoms with Gasteiger partial charge in [-0.1, -0.05) is 67.4 Å². The number of amides is 2. The number of hydrogen-bond donors (Lipinski definition) is 1. The van der Waals surface area contributed by atoms with Gasteiger partial charge in [0.15, 0.2) is 0 Å². The number of carbonyl (C=O) groups is 2. The first-order valence-corrected chi connectivity index (χ1v) is 14.9. The van der Waals surface area contributed by atoms with Gasteiger partial charge < -0.3 is 15.0 Å². The molecule has 0 heterocycles. The van der Waals surface area contributed by atoms with Crippen molar-refractivity contribution in [1.29, 1.82) is 0 Å². The number of nitrogens with zero attached hydrogens (tertiary/aromatic N) is 2. The van der Waals surface area contributed by atoms with Crippen LogP contribution in [0.2, 0.25) is 10.0 Å². The number of sulfonamides is 1. The van der Waals surface area contributed by atoms with E-state index >= 15 is 0 Å². The highest BCUT2D eigenvalue weighted by Gasteiger charge is 2.32. The summed E-state index contributed by atoms with van der Waals surface area (Å²) in [5, 5.41) is 3.23. The number of rotatable bonds is 12. The summed E-state index contributed by atoms with van der Waals surface area (Å²) in [5.41, 5.74) is 0.869. The van der Waals surface area contributed by atoms with E-state index in [1.165, 1.54) is 42.3 Å². The molecule has 0 aliphatic rings. The summed E-state index contributed by atoms with van der Waals surface area (Å²) < 4.78 is 33.9. The normalized spacial score (nSPS) is 12.1. The monoisotopic (exact) mass is 605 g/mol. The lowest BCUT2D eigenvalue weighted by Crippen LogP contribution is -2.51. The van der Waals surface area contributed by atoms with Crippen LogP contribution in [-0.2, 0) is 26.2 Å². The molecule has 1 atom stereocenters. The molecule has 0 radical (unpaired) electrons. The number of halogens is 2. The summed E-state index contributed by atoms with van der Waals surface area (Å²) in [5.74, 6) is -0.136. The number of methoxy groups -OCH3 is 1. The van der Waals surface area contributed by atoms with E-state index in [0.717, 1.165) is 4.31 Å². The molecule has 40 heavy (non-hydrogen) atoms. The van der Waals surface area contributed by atoms with Gasteiger partial charge in [0.25, 0.3) is 10.0 Å². The largest absolute Gasteiger partial charge is 0.497 e. The van der Waals surface area contributed by atoms with Gasteiger partial charge in [-0.2, -0.15) is 0 Å². The van der Waals surface area contributed by atoms with E-state index in [2.05, 4.69) is 5.32 Å². The molecule has 0 saturated carbocycles. The van der Waals surface area contributed by atoms with Crippen LogP contribution < -0.4 is 14.4 Å². The summed E-state index contributed by atoms with van der Waals surface area (Å²) in [7, 11) is -2.66. The van der Waals surface area contributed by atoms with Gasteiger partial charge in [-0.25, -0.2) is 8.42 Å². The van der Waals surface area contributed by atoms with Crippen LogP contribution in [0.5, 0.6) is 5.75 Å². The fourth-order valence-corrected chi connectivity index (χ4v) is 5.61. The number of anilines is 1. The van der Waals surface area contributed by atoms with E-state index in [9.17, 15) is 18.0 Å². The molecule has 0 aliphatic heterocycles. The van der Waals surface area contributed by atoms with Gasteiger partial charge in [0, 0.05) is 13.1 Å². The van der Waals surface area contributed by atoms with Gasteiger partial charge in [-0.15, -0.1) is 0 Å². The molecule has 0 bridgehead atoms. The van der Waals surface area contributed by atoms with E-state index < -0.39 is 28.5 Å². The van der Waals surface area contributed by atoms with Gasteiger partial charge in [0.2, 0.25) is 11.8 Å². The zero-order valence-corrected chi connectivity index (χ0v) is 25.1. The van der Waals surface area contributed by atoms with Gasteiger partial charge in [-0.3, -0.25) is 13.9 Å². The van der Waals surface area contributed by atoms with Gasteiger partial charge in [0.05, 0.1) is 27.7 Å². The van der Waals surface area contributed by atoms with Gasteiger partial charge in [0.1, 0.15) is 18.3 Å². The third kappa shape index (κ3) is 7.90. The van der Waals surface area contributed by atoms with Crippen molar-refractivity contribution in [3.63, 3.8) is 0 Å². The summed E-state index contributed by atoms with van der Waals surface area (Å²) in [6.07, 6.45) is 0. The zero-order valence-electron chi connectivity index (χ0n) is 22.8. The van der Waals surface area contributed by atoms with Crippen LogP contribution >= 0.6 is 23.2 Å². The molecule has 214 valence electrons. The lowest BCUT2D eigenvalue weighted by molar-refractivity contribution is -0.139. The van der Waals surface area contributed by atoms with Crippen molar-refractivity contribution in [2.45, 2.75) is 38.3 Å². The fourth-order valence-electron chi connectivity index (χ4n) is 3.89. The Balaban J connectivity index is 2.03. The Labute approximate surface area is 245 Å². The van der Waals surface area contributed by atoms with Crippen molar-refractivity contribution in [3.8, 4) is 5.75 Å². The molecule has 0 spiro atoms. The highest BCUT2D eigenvalue weighted by Crippen LogP contribution is 2.31. The number of hydrogen-bond acceptors (Lipinski definition) is 5. The Bertz CT molecular complexity index is 1430. The molecular weight excluding hydrogens is 573 g/mol. The Morgan fingerprint density at radius 2 is 1.62 bits per heavy atom. The van der Waals surface area contributed by atoms with E-state index in [1.807, 2.05) is 13.8 Å². The summed E-state index contributed by atoms with van der Waals surface area (Å²) in [4.78, 5) is 28.4. The van der Waals surface area contributed by atoms with E-state index in [-0.39, 0.29) is 39.0 Å². The SMILES string of the molecule is COc1cccc(CN(C(=O)CN(c2ccc(Cl)c(Cl)c2)S(=O)(=O)c2ccccc2)C(C)C(=O)NCC(C)C)c1. The van der Waals surface area contributed by atoms with Gasteiger partial charge in [-0.05, 0) is 60.9 Å². The summed E-state index contributed by atoms with van der Waals surface area (Å²) in [6.45, 7) is 5.44. The first-order chi connectivity index (χ1) is 18.9. The average molecular weight is 607 g/mol. The average Bonchev–Trinajstić information content (AvgIpc) is 2.94. The van der Waals surface area contributed by atoms with E-state index in [4.69, 9.17) is 27.9 Å². The number of nitrogens with one attached hydrogen (secondary N) is 1. The van der Waals surface area contributed by atoms with Crippen molar-refractivity contribution in [3.05, 3.63) is 88.4 Å². The molecule has 0 fully saturated rings. The Morgan fingerprint density at radius 3 is 2.25 bits per heavy atom. The smallest absolute Gasteiger partial charge is 0.264 e. The standard InChI is InChI=1S/C29H33Cl2N3O5S/c1-20(2)17-32-29(36)21(3)33(18-22-9-8-10-24(15-22)39-4)28(35)19-34(23-13-14-26(30)27(31)16-23)40(37,38)25-11-6-5-7-12-25/h5-16,20-21H,17-19H2,1-4H3,(H,32,36). The fraction of sp³-hybridized carbons (Fsp3) is 0.310. The minimum atomic E-state index is -4.20. The molecule has 0 aliphatic carbocycles. The second-order valence-electron chi connectivity index (χ2n) is 9.61. The molecule has 3 rings (SSSR count). The molecule has 2 amide bonds. The molecular formula is C29H33Cl2N3O5S. The van der Waals surface area contributed by atoms with Crippen molar-refractivity contribution >= 4 is 50.7 Å². The van der Waals surface area contributed by atoms with Gasteiger partial charge >= 0.3 is 0 Å².